The van der Waals surface area contributed by atoms with Crippen molar-refractivity contribution in [3.8, 4) is 0 Å². The molecular weight excluding hydrogens is 156 g/mol. The second kappa shape index (κ2) is 3.37. The van der Waals surface area contributed by atoms with E-state index < -0.39 is 0 Å². The summed E-state index contributed by atoms with van der Waals surface area (Å²) in [5.41, 5.74) is 1.29. The highest BCUT2D eigenvalue weighted by atomic mass is 32.1. The minimum absolute atomic E-state index is 0.243. The lowest BCUT2D eigenvalue weighted by Crippen LogP contribution is -2.09. The van der Waals surface area contributed by atoms with Crippen LogP contribution >= 0.6 is 11.3 Å². The van der Waals surface area contributed by atoms with Gasteiger partial charge in [0, 0.05) is 10.8 Å². The highest BCUT2D eigenvalue weighted by Gasteiger charge is 2.12. The van der Waals surface area contributed by atoms with Crippen molar-refractivity contribution in [3.05, 3.63) is 21.9 Å². The second-order valence-electron chi connectivity index (χ2n) is 3.06. The summed E-state index contributed by atoms with van der Waals surface area (Å²) < 4.78 is 0. The zero-order valence-corrected chi connectivity index (χ0v) is 7.98. The summed E-state index contributed by atoms with van der Waals surface area (Å²) in [5.74, 6) is 0.272. The van der Waals surface area contributed by atoms with Gasteiger partial charge in [-0.3, -0.25) is 0 Å². The molecule has 1 aromatic rings. The maximum absolute atomic E-state index is 9.29. The topological polar surface area (TPSA) is 20.2 Å². The van der Waals surface area contributed by atoms with Crippen LogP contribution in [0.25, 0.3) is 0 Å². The molecule has 1 rings (SSSR count). The van der Waals surface area contributed by atoms with Gasteiger partial charge in [-0.15, -0.1) is 11.3 Å². The Hall–Kier alpha value is -0.340. The van der Waals surface area contributed by atoms with Gasteiger partial charge in [-0.2, -0.15) is 0 Å². The van der Waals surface area contributed by atoms with Gasteiger partial charge in [0.15, 0.2) is 0 Å². The van der Waals surface area contributed by atoms with Crippen molar-refractivity contribution >= 4 is 11.3 Å². The Balaban J connectivity index is 2.76. The monoisotopic (exact) mass is 170 g/mol. The Morgan fingerprint density at radius 1 is 1.45 bits per heavy atom. The number of aryl methyl sites for hydroxylation is 1. The molecule has 1 aromatic heterocycles. The van der Waals surface area contributed by atoms with Crippen molar-refractivity contribution in [1.82, 2.24) is 0 Å². The Morgan fingerprint density at radius 2 is 2.09 bits per heavy atom. The maximum atomic E-state index is 9.29. The van der Waals surface area contributed by atoms with Crippen LogP contribution in [-0.4, -0.2) is 11.2 Å². The molecule has 0 radical (unpaired) electrons. The molecule has 0 spiro atoms. The lowest BCUT2D eigenvalue weighted by atomic mass is 10.0. The quantitative estimate of drug-likeness (QED) is 0.723. The van der Waals surface area contributed by atoms with Crippen LogP contribution in [0.5, 0.6) is 0 Å². The summed E-state index contributed by atoms with van der Waals surface area (Å²) in [6.45, 7) is 5.96. The third-order valence-corrected chi connectivity index (χ3v) is 3.17. The predicted molar refractivity (Wildman–Crippen MR) is 49.2 cm³/mol. The molecule has 1 N–H and O–H groups in total. The third-order valence-electron chi connectivity index (χ3n) is 1.92. The average Bonchev–Trinajstić information content (AvgIpc) is 2.34. The first-order chi connectivity index (χ1) is 5.11. The van der Waals surface area contributed by atoms with Crippen LogP contribution in [0.1, 0.15) is 30.2 Å². The van der Waals surface area contributed by atoms with E-state index in [0.29, 0.717) is 0 Å². The minimum atomic E-state index is -0.243. The van der Waals surface area contributed by atoms with Gasteiger partial charge < -0.3 is 5.11 Å². The normalized spacial score (nSPS) is 16.4. The maximum Gasteiger partial charge on any atom is 0.0585 e. The van der Waals surface area contributed by atoms with Crippen LogP contribution in [0.2, 0.25) is 0 Å². The second-order valence-corrected chi connectivity index (χ2v) is 4.00. The molecule has 1 nitrogen and oxygen atoms in total. The third kappa shape index (κ3) is 2.04. The van der Waals surface area contributed by atoms with E-state index >= 15 is 0 Å². The summed E-state index contributed by atoms with van der Waals surface area (Å²) in [6, 6.07) is 2.14. The predicted octanol–water partition coefficient (Wildman–Crippen LogP) is 2.54. The van der Waals surface area contributed by atoms with E-state index in [-0.39, 0.29) is 12.0 Å². The number of aliphatic hydroxyl groups is 1. The van der Waals surface area contributed by atoms with Gasteiger partial charge in [-0.1, -0.05) is 6.92 Å². The summed E-state index contributed by atoms with van der Waals surface area (Å²) in [6.07, 6.45) is -0.243. The van der Waals surface area contributed by atoms with Gasteiger partial charge in [0.2, 0.25) is 0 Å². The fraction of sp³-hybridized carbons (Fsp3) is 0.556. The molecule has 2 unspecified atom stereocenters. The van der Waals surface area contributed by atoms with Crippen LogP contribution < -0.4 is 0 Å². The van der Waals surface area contributed by atoms with Gasteiger partial charge in [-0.25, -0.2) is 0 Å². The fourth-order valence-electron chi connectivity index (χ4n) is 0.930. The zero-order valence-electron chi connectivity index (χ0n) is 7.16. The van der Waals surface area contributed by atoms with Crippen LogP contribution in [0, 0.1) is 6.92 Å². The molecule has 62 valence electrons. The van der Waals surface area contributed by atoms with Crippen molar-refractivity contribution in [2.45, 2.75) is 32.8 Å². The van der Waals surface area contributed by atoms with Crippen molar-refractivity contribution < 1.29 is 5.11 Å². The molecule has 2 atom stereocenters. The number of aliphatic hydroxyl groups excluding tert-OH is 1. The standard InChI is InChI=1S/C9H14OS/c1-6-4-9(11-5-6)7(2)8(3)10/h4-5,7-8,10H,1-3H3. The summed E-state index contributed by atoms with van der Waals surface area (Å²) in [7, 11) is 0. The van der Waals surface area contributed by atoms with Crippen molar-refractivity contribution in [1.29, 1.82) is 0 Å². The molecular formula is C9H14OS. The summed E-state index contributed by atoms with van der Waals surface area (Å²) >= 11 is 1.73. The molecule has 0 fully saturated rings. The Morgan fingerprint density at radius 3 is 2.45 bits per heavy atom. The molecule has 0 saturated carbocycles. The number of hydrogen-bond acceptors (Lipinski definition) is 2. The average molecular weight is 170 g/mol. The first-order valence-electron chi connectivity index (χ1n) is 3.84. The molecule has 0 aliphatic carbocycles. The Kier molecular flexibility index (Phi) is 2.68. The first-order valence-corrected chi connectivity index (χ1v) is 4.72. The molecule has 1 heterocycles. The molecule has 0 amide bonds. The molecule has 0 aliphatic rings. The molecule has 11 heavy (non-hydrogen) atoms. The lowest BCUT2D eigenvalue weighted by molar-refractivity contribution is 0.170. The van der Waals surface area contributed by atoms with Crippen molar-refractivity contribution in [2.75, 3.05) is 0 Å². The largest absolute Gasteiger partial charge is 0.393 e. The van der Waals surface area contributed by atoms with E-state index in [1.165, 1.54) is 10.4 Å². The fourth-order valence-corrected chi connectivity index (χ4v) is 1.99. The highest BCUT2D eigenvalue weighted by Crippen LogP contribution is 2.25. The van der Waals surface area contributed by atoms with Gasteiger partial charge in [0.1, 0.15) is 0 Å². The SMILES string of the molecule is Cc1csc(C(C)C(C)O)c1. The van der Waals surface area contributed by atoms with E-state index in [4.69, 9.17) is 0 Å². The molecule has 0 bridgehead atoms. The van der Waals surface area contributed by atoms with Crippen molar-refractivity contribution in [2.24, 2.45) is 0 Å². The summed E-state index contributed by atoms with van der Waals surface area (Å²) in [4.78, 5) is 1.28. The highest BCUT2D eigenvalue weighted by molar-refractivity contribution is 7.10. The Bertz CT molecular complexity index is 227. The molecule has 2 heteroatoms. The van der Waals surface area contributed by atoms with Crippen molar-refractivity contribution in [3.63, 3.8) is 0 Å². The van der Waals surface area contributed by atoms with E-state index in [1.807, 2.05) is 6.92 Å². The molecule has 0 saturated heterocycles. The van der Waals surface area contributed by atoms with E-state index in [2.05, 4.69) is 25.3 Å². The number of thiophene rings is 1. The van der Waals surface area contributed by atoms with E-state index in [9.17, 15) is 5.11 Å². The minimum Gasteiger partial charge on any atom is -0.393 e. The lowest BCUT2D eigenvalue weighted by Gasteiger charge is -2.11. The number of hydrogen-bond donors (Lipinski definition) is 1. The van der Waals surface area contributed by atoms with Crippen LogP contribution in [0.4, 0.5) is 0 Å². The number of rotatable bonds is 2. The smallest absolute Gasteiger partial charge is 0.0585 e. The van der Waals surface area contributed by atoms with Gasteiger partial charge in [0.05, 0.1) is 6.10 Å². The molecule has 0 aliphatic heterocycles. The van der Waals surface area contributed by atoms with Gasteiger partial charge >= 0.3 is 0 Å². The van der Waals surface area contributed by atoms with E-state index in [0.717, 1.165) is 0 Å². The van der Waals surface area contributed by atoms with Crippen LogP contribution in [0.3, 0.4) is 0 Å². The molecule has 0 aromatic carbocycles. The van der Waals surface area contributed by atoms with Crippen LogP contribution in [0.15, 0.2) is 11.4 Å². The van der Waals surface area contributed by atoms with Gasteiger partial charge in [-0.05, 0) is 30.9 Å². The summed E-state index contributed by atoms with van der Waals surface area (Å²) in [5, 5.41) is 11.4. The van der Waals surface area contributed by atoms with Gasteiger partial charge in [0.25, 0.3) is 0 Å². The van der Waals surface area contributed by atoms with E-state index in [1.54, 1.807) is 11.3 Å². The van der Waals surface area contributed by atoms with Crippen LogP contribution in [-0.2, 0) is 0 Å². The Labute approximate surface area is 71.7 Å². The first kappa shape index (κ1) is 8.75. The zero-order chi connectivity index (χ0) is 8.43.